The number of hydrogen-bond acceptors (Lipinski definition) is 5. The zero-order chi connectivity index (χ0) is 29.4. The van der Waals surface area contributed by atoms with Gasteiger partial charge >= 0.3 is 6.03 Å². The first-order valence-corrected chi connectivity index (χ1v) is 14.3. The van der Waals surface area contributed by atoms with Crippen LogP contribution in [-0.2, 0) is 16.0 Å². The molecular weight excluding hydrogens is 532 g/mol. The number of fused-ring (bicyclic) bond motifs is 4. The molecule has 9 nitrogen and oxygen atoms in total. The highest BCUT2D eigenvalue weighted by molar-refractivity contribution is 6.24. The number of aromatic nitrogens is 1. The lowest BCUT2D eigenvalue weighted by Gasteiger charge is -2.36. The standard InChI is InChI=1S/C33H34N4O5/c1-20(2)42-17-9-16-34-31(38)24-13-5-7-15-27(24)37-32(39)28-19-25-23-12-4-6-14-26(23)35-29(25)30(36(28)33(37)40)21-10-8-11-22(18-21)41-3/h4-8,10-15,18,20,28,30,35H,9,16-17,19H2,1-3H3,(H,34,38)/t28-,30-/m0/s1. The number of rotatable bonds is 9. The van der Waals surface area contributed by atoms with Crippen molar-refractivity contribution in [3.63, 3.8) is 0 Å². The molecule has 3 heterocycles. The number of anilines is 1. The van der Waals surface area contributed by atoms with Crippen molar-refractivity contribution in [3.05, 3.63) is 95.2 Å². The molecule has 2 aliphatic rings. The number of amides is 4. The van der Waals surface area contributed by atoms with E-state index in [2.05, 4.69) is 10.3 Å². The van der Waals surface area contributed by atoms with Crippen LogP contribution in [0.15, 0.2) is 72.8 Å². The van der Waals surface area contributed by atoms with Gasteiger partial charge in [0, 0.05) is 36.2 Å². The average molecular weight is 567 g/mol. The SMILES string of the molecule is COc1cccc([C@H]2c3[nH]c4ccccc4c3C[C@H]3C(=O)N(c4ccccc4C(=O)NCCCOC(C)C)C(=O)N23)c1. The molecule has 4 aromatic rings. The van der Waals surface area contributed by atoms with E-state index in [1.807, 2.05) is 62.4 Å². The normalized spacial score (nSPS) is 18.0. The van der Waals surface area contributed by atoms with E-state index >= 15 is 0 Å². The number of aromatic amines is 1. The molecule has 42 heavy (non-hydrogen) atoms. The Hall–Kier alpha value is -4.63. The fourth-order valence-corrected chi connectivity index (χ4v) is 6.00. The number of imide groups is 1. The third-order valence-corrected chi connectivity index (χ3v) is 7.91. The van der Waals surface area contributed by atoms with E-state index in [0.29, 0.717) is 31.7 Å². The number of benzene rings is 3. The number of methoxy groups -OCH3 is 1. The highest BCUT2D eigenvalue weighted by Gasteiger charge is 2.53. The molecule has 2 aliphatic heterocycles. The first-order chi connectivity index (χ1) is 20.4. The number of carbonyl (C=O) groups is 3. The van der Waals surface area contributed by atoms with Crippen molar-refractivity contribution < 1.29 is 23.9 Å². The number of urea groups is 1. The molecular formula is C33H34N4O5. The number of nitrogens with one attached hydrogen (secondary N) is 2. The minimum absolute atomic E-state index is 0.118. The van der Waals surface area contributed by atoms with Crippen LogP contribution in [0.3, 0.4) is 0 Å². The lowest BCUT2D eigenvalue weighted by atomic mass is 9.89. The molecule has 0 unspecified atom stereocenters. The van der Waals surface area contributed by atoms with Gasteiger partial charge in [0.15, 0.2) is 0 Å². The summed E-state index contributed by atoms with van der Waals surface area (Å²) in [7, 11) is 1.60. The molecule has 9 heteroatoms. The second-order valence-electron chi connectivity index (χ2n) is 10.9. The molecule has 1 aromatic heterocycles. The molecule has 216 valence electrons. The number of carbonyl (C=O) groups excluding carboxylic acids is 3. The molecule has 2 N–H and O–H groups in total. The van der Waals surface area contributed by atoms with E-state index in [0.717, 1.165) is 27.7 Å². The van der Waals surface area contributed by atoms with Crippen LogP contribution in [0.25, 0.3) is 10.9 Å². The van der Waals surface area contributed by atoms with Crippen LogP contribution in [0.4, 0.5) is 10.5 Å². The van der Waals surface area contributed by atoms with Crippen LogP contribution in [0, 0.1) is 0 Å². The van der Waals surface area contributed by atoms with Crippen LogP contribution >= 0.6 is 0 Å². The van der Waals surface area contributed by atoms with Gasteiger partial charge in [-0.1, -0.05) is 42.5 Å². The van der Waals surface area contributed by atoms with Gasteiger partial charge in [-0.25, -0.2) is 9.69 Å². The van der Waals surface area contributed by atoms with Gasteiger partial charge in [0.1, 0.15) is 17.8 Å². The third kappa shape index (κ3) is 4.79. The summed E-state index contributed by atoms with van der Waals surface area (Å²) in [6, 6.07) is 20.5. The number of H-pyrrole nitrogens is 1. The van der Waals surface area contributed by atoms with Gasteiger partial charge in [0.05, 0.1) is 24.5 Å². The molecule has 4 amide bonds. The number of nitrogens with zero attached hydrogens (tertiary/aromatic N) is 2. The van der Waals surface area contributed by atoms with E-state index < -0.39 is 18.1 Å². The van der Waals surface area contributed by atoms with Crippen LogP contribution in [0.1, 0.15) is 53.5 Å². The summed E-state index contributed by atoms with van der Waals surface area (Å²) in [5.41, 5.74) is 4.20. The van der Waals surface area contributed by atoms with Crippen molar-refractivity contribution in [1.29, 1.82) is 0 Å². The number of ether oxygens (including phenoxy) is 2. The van der Waals surface area contributed by atoms with Crippen LogP contribution in [0.2, 0.25) is 0 Å². The quantitative estimate of drug-likeness (QED) is 0.214. The minimum atomic E-state index is -0.732. The smallest absolute Gasteiger partial charge is 0.332 e. The Labute approximate surface area is 244 Å². The van der Waals surface area contributed by atoms with Gasteiger partial charge in [-0.15, -0.1) is 0 Å². The van der Waals surface area contributed by atoms with E-state index in [4.69, 9.17) is 9.47 Å². The molecule has 0 spiro atoms. The average Bonchev–Trinajstić information content (AvgIpc) is 3.49. The van der Waals surface area contributed by atoms with Crippen LogP contribution in [0.5, 0.6) is 5.75 Å². The highest BCUT2D eigenvalue weighted by Crippen LogP contribution is 2.45. The predicted octanol–water partition coefficient (Wildman–Crippen LogP) is 5.20. The summed E-state index contributed by atoms with van der Waals surface area (Å²) < 4.78 is 11.1. The summed E-state index contributed by atoms with van der Waals surface area (Å²) in [6.07, 6.45) is 1.13. The topological polar surface area (TPSA) is 104 Å². The Morgan fingerprint density at radius 2 is 1.83 bits per heavy atom. The fraction of sp³-hybridized carbons (Fsp3) is 0.303. The van der Waals surface area contributed by atoms with Crippen molar-refractivity contribution in [1.82, 2.24) is 15.2 Å². The van der Waals surface area contributed by atoms with Crippen molar-refractivity contribution in [2.45, 2.75) is 44.9 Å². The van der Waals surface area contributed by atoms with Crippen molar-refractivity contribution in [2.24, 2.45) is 0 Å². The Balaban J connectivity index is 1.37. The molecule has 0 bridgehead atoms. The first kappa shape index (κ1) is 27.5. The highest BCUT2D eigenvalue weighted by atomic mass is 16.5. The van der Waals surface area contributed by atoms with Gasteiger partial charge in [0.2, 0.25) is 0 Å². The van der Waals surface area contributed by atoms with Crippen molar-refractivity contribution in [3.8, 4) is 5.75 Å². The number of hydrogen-bond donors (Lipinski definition) is 2. The summed E-state index contributed by atoms with van der Waals surface area (Å²) in [6.45, 7) is 4.87. The molecule has 0 saturated carbocycles. The van der Waals surface area contributed by atoms with Gasteiger partial charge in [-0.3, -0.25) is 14.5 Å². The Morgan fingerprint density at radius 3 is 2.64 bits per heavy atom. The molecule has 2 atom stereocenters. The van der Waals surface area contributed by atoms with E-state index in [1.54, 1.807) is 36.3 Å². The summed E-state index contributed by atoms with van der Waals surface area (Å²) in [4.78, 5) is 48.0. The third-order valence-electron chi connectivity index (χ3n) is 7.91. The maximum absolute atomic E-state index is 14.3. The molecule has 1 saturated heterocycles. The van der Waals surface area contributed by atoms with Gasteiger partial charge in [-0.05, 0) is 61.7 Å². The summed E-state index contributed by atoms with van der Waals surface area (Å²) >= 11 is 0. The zero-order valence-electron chi connectivity index (χ0n) is 23.9. The van der Waals surface area contributed by atoms with Crippen LogP contribution in [-0.4, -0.2) is 60.1 Å². The summed E-state index contributed by atoms with van der Waals surface area (Å²) in [5.74, 6) is -0.0430. The van der Waals surface area contributed by atoms with E-state index in [1.165, 1.54) is 4.90 Å². The van der Waals surface area contributed by atoms with E-state index in [-0.39, 0.29) is 29.2 Å². The lowest BCUT2D eigenvalue weighted by molar-refractivity contribution is -0.120. The second-order valence-corrected chi connectivity index (χ2v) is 10.9. The zero-order valence-corrected chi connectivity index (χ0v) is 23.9. The molecule has 0 aliphatic carbocycles. The molecule has 6 rings (SSSR count). The molecule has 0 radical (unpaired) electrons. The largest absolute Gasteiger partial charge is 0.497 e. The second kappa shape index (κ2) is 11.3. The minimum Gasteiger partial charge on any atom is -0.497 e. The predicted molar refractivity (Wildman–Crippen MR) is 160 cm³/mol. The van der Waals surface area contributed by atoms with Gasteiger partial charge in [0.25, 0.3) is 11.8 Å². The fourth-order valence-electron chi connectivity index (χ4n) is 6.00. The molecule has 1 fully saturated rings. The Kier molecular flexibility index (Phi) is 7.43. The van der Waals surface area contributed by atoms with Crippen molar-refractivity contribution in [2.75, 3.05) is 25.2 Å². The first-order valence-electron chi connectivity index (χ1n) is 14.3. The maximum atomic E-state index is 14.3. The lowest BCUT2D eigenvalue weighted by Crippen LogP contribution is -2.44. The Morgan fingerprint density at radius 1 is 1.05 bits per heavy atom. The monoisotopic (exact) mass is 566 g/mol. The summed E-state index contributed by atoms with van der Waals surface area (Å²) in [5, 5.41) is 3.93. The maximum Gasteiger partial charge on any atom is 0.332 e. The van der Waals surface area contributed by atoms with Crippen LogP contribution < -0.4 is 15.0 Å². The Bertz CT molecular complexity index is 1660. The van der Waals surface area contributed by atoms with Gasteiger partial charge in [-0.2, -0.15) is 0 Å². The molecule has 3 aromatic carbocycles. The van der Waals surface area contributed by atoms with Crippen molar-refractivity contribution >= 4 is 34.4 Å². The van der Waals surface area contributed by atoms with E-state index in [9.17, 15) is 14.4 Å². The number of para-hydroxylation sites is 2. The van der Waals surface area contributed by atoms with Gasteiger partial charge < -0.3 is 19.8 Å².